The predicted octanol–water partition coefficient (Wildman–Crippen LogP) is 2.01. The summed E-state index contributed by atoms with van der Waals surface area (Å²) >= 11 is 3.36. The Bertz CT molecular complexity index is 548. The zero-order valence-electron chi connectivity index (χ0n) is 10.4. The molecule has 1 aromatic carbocycles. The van der Waals surface area contributed by atoms with Crippen LogP contribution in [0.2, 0.25) is 0 Å². The monoisotopic (exact) mass is 320 g/mol. The topological polar surface area (TPSA) is 70.0 Å². The van der Waals surface area contributed by atoms with Gasteiger partial charge in [-0.1, -0.05) is 28.1 Å². The molecule has 0 aliphatic heterocycles. The van der Waals surface area contributed by atoms with Gasteiger partial charge in [-0.15, -0.1) is 0 Å². The molecule has 4 nitrogen and oxygen atoms in total. The Morgan fingerprint density at radius 2 is 2.05 bits per heavy atom. The number of hydrogen-bond acceptors (Lipinski definition) is 3. The molecule has 1 amide bonds. The van der Waals surface area contributed by atoms with Crippen LogP contribution in [0.15, 0.2) is 28.7 Å². The summed E-state index contributed by atoms with van der Waals surface area (Å²) in [5, 5.41) is 11.3. The van der Waals surface area contributed by atoms with Crippen LogP contribution in [0.1, 0.15) is 17.9 Å². The zero-order valence-corrected chi connectivity index (χ0v) is 12.0. The summed E-state index contributed by atoms with van der Waals surface area (Å²) in [6.07, 6.45) is 0.718. The first-order valence-corrected chi connectivity index (χ1v) is 6.78. The van der Waals surface area contributed by atoms with Gasteiger partial charge < -0.3 is 5.32 Å². The summed E-state index contributed by atoms with van der Waals surface area (Å²) in [5.41, 5.74) is 1.08. The number of nitrogens with one attached hydrogen (secondary N) is 1. The van der Waals surface area contributed by atoms with Crippen molar-refractivity contribution in [1.29, 1.82) is 5.26 Å². The SMILES string of the molecule is CNC(=O)[C@H](C#N)C(=O)[C@H]1C[C@H]1c1ccc(Br)cc1. The minimum absolute atomic E-state index is 0.140. The van der Waals surface area contributed by atoms with E-state index in [9.17, 15) is 9.59 Å². The largest absolute Gasteiger partial charge is 0.358 e. The highest BCUT2D eigenvalue weighted by atomic mass is 79.9. The van der Waals surface area contributed by atoms with Gasteiger partial charge in [-0.25, -0.2) is 0 Å². The molecule has 0 radical (unpaired) electrons. The Balaban J connectivity index is 2.06. The van der Waals surface area contributed by atoms with Gasteiger partial charge in [0.25, 0.3) is 0 Å². The van der Waals surface area contributed by atoms with E-state index < -0.39 is 11.8 Å². The van der Waals surface area contributed by atoms with Gasteiger partial charge in [0.2, 0.25) is 5.91 Å². The highest BCUT2D eigenvalue weighted by molar-refractivity contribution is 9.10. The number of hydrogen-bond donors (Lipinski definition) is 1. The summed E-state index contributed by atoms with van der Waals surface area (Å²) in [6.45, 7) is 0. The van der Waals surface area contributed by atoms with E-state index in [2.05, 4.69) is 21.2 Å². The van der Waals surface area contributed by atoms with E-state index in [1.165, 1.54) is 7.05 Å². The van der Waals surface area contributed by atoms with Crippen molar-refractivity contribution in [2.45, 2.75) is 12.3 Å². The molecule has 0 aromatic heterocycles. The number of halogens is 1. The third-order valence-corrected chi connectivity index (χ3v) is 3.90. The number of Topliss-reactive ketones (excluding diaryl/α,β-unsaturated/α-hetero) is 1. The van der Waals surface area contributed by atoms with Crippen LogP contribution in [0.3, 0.4) is 0 Å². The second-order valence-corrected chi connectivity index (χ2v) is 5.49. The van der Waals surface area contributed by atoms with Crippen molar-refractivity contribution < 1.29 is 9.59 Å². The Kier molecular flexibility index (Phi) is 4.01. The molecule has 3 atom stereocenters. The Morgan fingerprint density at radius 3 is 2.58 bits per heavy atom. The van der Waals surface area contributed by atoms with Gasteiger partial charge in [-0.2, -0.15) is 5.26 Å². The lowest BCUT2D eigenvalue weighted by atomic mass is 9.98. The lowest BCUT2D eigenvalue weighted by Gasteiger charge is -2.06. The van der Waals surface area contributed by atoms with Crippen molar-refractivity contribution in [3.05, 3.63) is 34.3 Å². The van der Waals surface area contributed by atoms with E-state index in [0.29, 0.717) is 0 Å². The maximum absolute atomic E-state index is 12.1. The average Bonchev–Trinajstić information content (AvgIpc) is 3.20. The van der Waals surface area contributed by atoms with Crippen molar-refractivity contribution in [2.24, 2.45) is 11.8 Å². The smallest absolute Gasteiger partial charge is 0.244 e. The Morgan fingerprint density at radius 1 is 1.42 bits per heavy atom. The lowest BCUT2D eigenvalue weighted by Crippen LogP contribution is -2.33. The number of nitrogens with zero attached hydrogens (tertiary/aromatic N) is 1. The van der Waals surface area contributed by atoms with Crippen LogP contribution >= 0.6 is 15.9 Å². The van der Waals surface area contributed by atoms with Crippen LogP contribution in [-0.2, 0) is 9.59 Å². The average molecular weight is 321 g/mol. The molecular formula is C14H13BrN2O2. The van der Waals surface area contributed by atoms with E-state index in [0.717, 1.165) is 16.5 Å². The molecule has 1 aliphatic carbocycles. The predicted molar refractivity (Wildman–Crippen MR) is 73.2 cm³/mol. The Hall–Kier alpha value is -1.67. The summed E-state index contributed by atoms with van der Waals surface area (Å²) < 4.78 is 0.986. The third-order valence-electron chi connectivity index (χ3n) is 3.38. The van der Waals surface area contributed by atoms with E-state index >= 15 is 0 Å². The van der Waals surface area contributed by atoms with Crippen molar-refractivity contribution in [1.82, 2.24) is 5.32 Å². The second kappa shape index (κ2) is 5.54. The molecule has 0 saturated heterocycles. The van der Waals surface area contributed by atoms with Crippen molar-refractivity contribution >= 4 is 27.6 Å². The molecule has 5 heteroatoms. The minimum atomic E-state index is -1.18. The van der Waals surface area contributed by atoms with Gasteiger partial charge in [0, 0.05) is 17.4 Å². The van der Waals surface area contributed by atoms with Crippen LogP contribution < -0.4 is 5.32 Å². The summed E-state index contributed by atoms with van der Waals surface area (Å²) in [6, 6.07) is 9.56. The van der Waals surface area contributed by atoms with Crippen molar-refractivity contribution in [3.63, 3.8) is 0 Å². The summed E-state index contributed by atoms with van der Waals surface area (Å²) in [4.78, 5) is 23.5. The molecule has 1 aromatic rings. The maximum Gasteiger partial charge on any atom is 0.244 e. The van der Waals surface area contributed by atoms with Gasteiger partial charge in [0.05, 0.1) is 6.07 Å². The fraction of sp³-hybridized carbons (Fsp3) is 0.357. The maximum atomic E-state index is 12.1. The number of carbonyl (C=O) groups is 2. The first-order valence-electron chi connectivity index (χ1n) is 5.99. The van der Waals surface area contributed by atoms with Crippen LogP contribution in [0.5, 0.6) is 0 Å². The van der Waals surface area contributed by atoms with E-state index in [1.54, 1.807) is 6.07 Å². The van der Waals surface area contributed by atoms with E-state index in [-0.39, 0.29) is 17.6 Å². The second-order valence-electron chi connectivity index (χ2n) is 4.58. The van der Waals surface area contributed by atoms with E-state index in [1.807, 2.05) is 24.3 Å². The number of benzene rings is 1. The van der Waals surface area contributed by atoms with E-state index in [4.69, 9.17) is 5.26 Å². The fourth-order valence-corrected chi connectivity index (χ4v) is 2.46. The minimum Gasteiger partial charge on any atom is -0.358 e. The Labute approximate surface area is 119 Å². The molecular weight excluding hydrogens is 308 g/mol. The quantitative estimate of drug-likeness (QED) is 0.863. The number of rotatable bonds is 4. The molecule has 1 fully saturated rings. The van der Waals surface area contributed by atoms with Crippen molar-refractivity contribution in [2.75, 3.05) is 7.05 Å². The molecule has 1 aliphatic rings. The first kappa shape index (κ1) is 13.8. The third kappa shape index (κ3) is 2.85. The number of ketones is 1. The highest BCUT2D eigenvalue weighted by Crippen LogP contribution is 2.49. The number of carbonyl (C=O) groups excluding carboxylic acids is 2. The number of nitriles is 1. The zero-order chi connectivity index (χ0) is 14.0. The molecule has 98 valence electrons. The molecule has 0 bridgehead atoms. The van der Waals surface area contributed by atoms with Gasteiger partial charge in [0.15, 0.2) is 11.7 Å². The fourth-order valence-electron chi connectivity index (χ4n) is 2.20. The lowest BCUT2D eigenvalue weighted by molar-refractivity contribution is -0.132. The molecule has 19 heavy (non-hydrogen) atoms. The molecule has 1 N–H and O–H groups in total. The number of amides is 1. The van der Waals surface area contributed by atoms with Gasteiger partial charge in [-0.05, 0) is 30.0 Å². The van der Waals surface area contributed by atoms with Gasteiger partial charge in [0.1, 0.15) is 0 Å². The first-order chi connectivity index (χ1) is 9.08. The van der Waals surface area contributed by atoms with Crippen LogP contribution in [0.4, 0.5) is 0 Å². The van der Waals surface area contributed by atoms with Crippen molar-refractivity contribution in [3.8, 4) is 6.07 Å². The highest BCUT2D eigenvalue weighted by Gasteiger charge is 2.47. The molecule has 1 saturated carbocycles. The van der Waals surface area contributed by atoms with Crippen LogP contribution in [-0.4, -0.2) is 18.7 Å². The van der Waals surface area contributed by atoms with Gasteiger partial charge >= 0.3 is 0 Å². The van der Waals surface area contributed by atoms with Gasteiger partial charge in [-0.3, -0.25) is 9.59 Å². The normalized spacial score (nSPS) is 22.2. The van der Waals surface area contributed by atoms with Crippen LogP contribution in [0.25, 0.3) is 0 Å². The van der Waals surface area contributed by atoms with Crippen LogP contribution in [0, 0.1) is 23.2 Å². The standard InChI is InChI=1S/C14H13BrN2O2/c1-17-14(19)12(7-16)13(18)11-6-10(11)8-2-4-9(15)5-3-8/h2-5,10-12H,6H2,1H3,(H,17,19)/t10-,11-,12+/m0/s1. The molecule has 0 unspecified atom stereocenters. The summed E-state index contributed by atoms with van der Waals surface area (Å²) in [7, 11) is 1.43. The summed E-state index contributed by atoms with van der Waals surface area (Å²) in [5.74, 6) is -2.04. The molecule has 0 heterocycles. The molecule has 2 rings (SSSR count). The molecule has 0 spiro atoms.